The predicted molar refractivity (Wildman–Crippen MR) is 113 cm³/mol. The van der Waals surface area contributed by atoms with Gasteiger partial charge in [-0.1, -0.05) is 11.8 Å². The molecule has 5 heteroatoms. The van der Waals surface area contributed by atoms with Crippen LogP contribution in [0.25, 0.3) is 0 Å². The van der Waals surface area contributed by atoms with Gasteiger partial charge >= 0.3 is 0 Å². The van der Waals surface area contributed by atoms with Gasteiger partial charge in [-0.15, -0.1) is 0 Å². The van der Waals surface area contributed by atoms with E-state index in [9.17, 15) is 9.59 Å². The Morgan fingerprint density at radius 1 is 1.07 bits per heavy atom. The van der Waals surface area contributed by atoms with Crippen LogP contribution in [0.5, 0.6) is 0 Å². The zero-order valence-electron chi connectivity index (χ0n) is 16.4. The fourth-order valence-corrected chi connectivity index (χ4v) is 3.09. The third-order valence-electron chi connectivity index (χ3n) is 4.72. The molecule has 1 N–H and O–H groups in total. The molecule has 0 radical (unpaired) electrons. The second-order valence-corrected chi connectivity index (χ2v) is 6.98. The van der Waals surface area contributed by atoms with Crippen molar-refractivity contribution in [3.8, 4) is 11.8 Å². The summed E-state index contributed by atoms with van der Waals surface area (Å²) in [5, 5.41) is 2.81. The lowest BCUT2D eigenvalue weighted by atomic mass is 10.1. The summed E-state index contributed by atoms with van der Waals surface area (Å²) in [5.74, 6) is 6.06. The van der Waals surface area contributed by atoms with E-state index in [0.29, 0.717) is 12.0 Å². The molecular weight excluding hydrogens is 350 g/mol. The summed E-state index contributed by atoms with van der Waals surface area (Å²) in [6.45, 7) is 1.06. The molecule has 1 fully saturated rings. The van der Waals surface area contributed by atoms with E-state index in [0.717, 1.165) is 36.3 Å². The van der Waals surface area contributed by atoms with Gasteiger partial charge in [-0.25, -0.2) is 0 Å². The van der Waals surface area contributed by atoms with Gasteiger partial charge in [0.2, 0.25) is 5.91 Å². The highest BCUT2D eigenvalue weighted by Gasteiger charge is 2.19. The minimum atomic E-state index is -0.140. The molecule has 0 atom stereocenters. The molecule has 1 heterocycles. The van der Waals surface area contributed by atoms with Crippen molar-refractivity contribution in [3.05, 3.63) is 59.7 Å². The van der Waals surface area contributed by atoms with Gasteiger partial charge in [-0.2, -0.15) is 0 Å². The first kappa shape index (κ1) is 19.5. The molecule has 0 aliphatic carbocycles. The summed E-state index contributed by atoms with van der Waals surface area (Å²) in [4.78, 5) is 28.0. The Morgan fingerprint density at radius 3 is 2.43 bits per heavy atom. The minimum absolute atomic E-state index is 0.140. The van der Waals surface area contributed by atoms with Gasteiger partial charge in [0.1, 0.15) is 0 Å². The molecule has 144 valence electrons. The number of carbonyl (C=O) groups excluding carboxylic acids is 2. The summed E-state index contributed by atoms with van der Waals surface area (Å²) < 4.78 is 0. The fraction of sp³-hybridized carbons (Fsp3) is 0.304. The Bertz CT molecular complexity index is 890. The number of carbonyl (C=O) groups is 2. The first-order valence-corrected chi connectivity index (χ1v) is 9.49. The smallest absolute Gasteiger partial charge is 0.252 e. The quantitative estimate of drug-likeness (QED) is 0.836. The minimum Gasteiger partial charge on any atom is -0.378 e. The molecule has 1 saturated heterocycles. The summed E-state index contributed by atoms with van der Waals surface area (Å²) in [6, 6.07) is 15.1. The van der Waals surface area contributed by atoms with Crippen molar-refractivity contribution in [1.82, 2.24) is 5.32 Å². The molecule has 2 aromatic rings. The van der Waals surface area contributed by atoms with Crippen LogP contribution in [0.2, 0.25) is 0 Å². The lowest BCUT2D eigenvalue weighted by Gasteiger charge is -2.26. The van der Waals surface area contributed by atoms with Crippen LogP contribution >= 0.6 is 0 Å². The Hall–Kier alpha value is -3.26. The van der Waals surface area contributed by atoms with Crippen LogP contribution in [0.1, 0.15) is 35.2 Å². The third kappa shape index (κ3) is 4.92. The maximum atomic E-state index is 12.2. The number of anilines is 2. The molecule has 0 unspecified atom stereocenters. The molecule has 0 bridgehead atoms. The van der Waals surface area contributed by atoms with Gasteiger partial charge < -0.3 is 15.1 Å². The Labute approximate surface area is 166 Å². The SMILES string of the molecule is CN(C)c1ccc(C(=O)NCC#Cc2ccc(N3CCCCC3=O)cc2)cc1. The Morgan fingerprint density at radius 2 is 1.79 bits per heavy atom. The molecule has 1 aliphatic rings. The fourth-order valence-electron chi connectivity index (χ4n) is 3.09. The molecule has 28 heavy (non-hydrogen) atoms. The van der Waals surface area contributed by atoms with Crippen LogP contribution in [0.15, 0.2) is 48.5 Å². The summed E-state index contributed by atoms with van der Waals surface area (Å²) >= 11 is 0. The van der Waals surface area contributed by atoms with Crippen LogP contribution in [-0.2, 0) is 4.79 Å². The maximum Gasteiger partial charge on any atom is 0.252 e. The third-order valence-corrected chi connectivity index (χ3v) is 4.72. The van der Waals surface area contributed by atoms with Crippen LogP contribution in [0.3, 0.4) is 0 Å². The summed E-state index contributed by atoms with van der Waals surface area (Å²) in [7, 11) is 3.92. The number of nitrogens with one attached hydrogen (secondary N) is 1. The van der Waals surface area contributed by atoms with E-state index in [1.165, 1.54) is 0 Å². The van der Waals surface area contributed by atoms with E-state index < -0.39 is 0 Å². The van der Waals surface area contributed by atoms with Crippen molar-refractivity contribution in [2.24, 2.45) is 0 Å². The Kier molecular flexibility index (Phi) is 6.33. The lowest BCUT2D eigenvalue weighted by molar-refractivity contribution is -0.119. The van der Waals surface area contributed by atoms with Gasteiger partial charge in [0.25, 0.3) is 5.91 Å². The average Bonchev–Trinajstić information content (AvgIpc) is 2.72. The largest absolute Gasteiger partial charge is 0.378 e. The predicted octanol–water partition coefficient (Wildman–Crippen LogP) is 3.05. The second-order valence-electron chi connectivity index (χ2n) is 6.98. The van der Waals surface area contributed by atoms with E-state index >= 15 is 0 Å². The monoisotopic (exact) mass is 375 g/mol. The molecule has 0 saturated carbocycles. The van der Waals surface area contributed by atoms with Crippen LogP contribution < -0.4 is 15.1 Å². The van der Waals surface area contributed by atoms with Crippen molar-refractivity contribution >= 4 is 23.2 Å². The topological polar surface area (TPSA) is 52.7 Å². The second kappa shape index (κ2) is 9.09. The van der Waals surface area contributed by atoms with Crippen molar-refractivity contribution < 1.29 is 9.59 Å². The zero-order valence-corrected chi connectivity index (χ0v) is 16.4. The maximum absolute atomic E-state index is 12.2. The molecule has 1 aliphatic heterocycles. The molecule has 3 rings (SSSR count). The van der Waals surface area contributed by atoms with E-state index in [2.05, 4.69) is 17.2 Å². The lowest BCUT2D eigenvalue weighted by Crippen LogP contribution is -2.35. The van der Waals surface area contributed by atoms with Crippen molar-refractivity contribution in [2.45, 2.75) is 19.3 Å². The average molecular weight is 375 g/mol. The highest BCUT2D eigenvalue weighted by atomic mass is 16.2. The van der Waals surface area contributed by atoms with E-state index in [1.54, 1.807) is 12.1 Å². The number of rotatable bonds is 4. The zero-order chi connectivity index (χ0) is 19.9. The molecule has 0 spiro atoms. The first-order chi connectivity index (χ1) is 13.5. The van der Waals surface area contributed by atoms with Gasteiger partial charge in [0, 0.05) is 49.6 Å². The number of hydrogen-bond donors (Lipinski definition) is 1. The number of nitrogens with zero attached hydrogens (tertiary/aromatic N) is 2. The first-order valence-electron chi connectivity index (χ1n) is 9.49. The van der Waals surface area contributed by atoms with Crippen LogP contribution in [-0.4, -0.2) is 39.0 Å². The molecular formula is C23H25N3O2. The van der Waals surface area contributed by atoms with Crippen LogP contribution in [0, 0.1) is 11.8 Å². The number of piperidine rings is 1. The highest BCUT2D eigenvalue weighted by Crippen LogP contribution is 2.21. The molecule has 0 aromatic heterocycles. The van der Waals surface area contributed by atoms with Gasteiger partial charge in [0.15, 0.2) is 0 Å². The molecule has 5 nitrogen and oxygen atoms in total. The van der Waals surface area contributed by atoms with Crippen LogP contribution in [0.4, 0.5) is 11.4 Å². The summed E-state index contributed by atoms with van der Waals surface area (Å²) in [5.41, 5.74) is 3.44. The standard InChI is InChI=1S/C23H25N3O2/c1-25(2)20-14-10-19(11-15-20)23(28)24-16-5-6-18-8-12-21(13-9-18)26-17-4-3-7-22(26)27/h8-15H,3-4,7,16-17H2,1-2H3,(H,24,28). The molecule has 2 aromatic carbocycles. The van der Waals surface area contributed by atoms with Gasteiger partial charge in [-0.05, 0) is 61.4 Å². The van der Waals surface area contributed by atoms with Crippen molar-refractivity contribution in [1.29, 1.82) is 0 Å². The highest BCUT2D eigenvalue weighted by molar-refractivity contribution is 5.95. The Balaban J connectivity index is 1.52. The van der Waals surface area contributed by atoms with Crippen molar-refractivity contribution in [3.63, 3.8) is 0 Å². The normalized spacial score (nSPS) is 13.5. The van der Waals surface area contributed by atoms with E-state index in [4.69, 9.17) is 0 Å². The van der Waals surface area contributed by atoms with Crippen molar-refractivity contribution in [2.75, 3.05) is 37.0 Å². The molecule has 2 amide bonds. The van der Waals surface area contributed by atoms with Gasteiger partial charge in [-0.3, -0.25) is 9.59 Å². The number of benzene rings is 2. The number of hydrogen-bond acceptors (Lipinski definition) is 3. The van der Waals surface area contributed by atoms with E-state index in [1.807, 2.05) is 60.3 Å². The number of amides is 2. The van der Waals surface area contributed by atoms with Gasteiger partial charge in [0.05, 0.1) is 6.54 Å². The van der Waals surface area contributed by atoms with E-state index in [-0.39, 0.29) is 18.4 Å². The summed E-state index contributed by atoms with van der Waals surface area (Å²) in [6.07, 6.45) is 2.65.